The fourth-order valence-corrected chi connectivity index (χ4v) is 2.60. The van der Waals surface area contributed by atoms with Gasteiger partial charge in [-0.05, 0) is 57.9 Å². The summed E-state index contributed by atoms with van der Waals surface area (Å²) in [6, 6.07) is 11.3. The average Bonchev–Trinajstić information content (AvgIpc) is 2.55. The third-order valence-corrected chi connectivity index (χ3v) is 3.72. The van der Waals surface area contributed by atoms with E-state index in [9.17, 15) is 4.79 Å². The molecule has 0 bridgehead atoms. The van der Waals surface area contributed by atoms with E-state index >= 15 is 0 Å². The van der Waals surface area contributed by atoms with E-state index in [0.29, 0.717) is 12.1 Å². The highest BCUT2D eigenvalue weighted by atomic mass is 16.6. The summed E-state index contributed by atoms with van der Waals surface area (Å²) in [6.45, 7) is 11.2. The number of carbonyl (C=O) groups excluding carboxylic acids is 1. The van der Waals surface area contributed by atoms with Crippen LogP contribution in [0.4, 0.5) is 10.5 Å². The molecular formula is C21H27N3O2. The van der Waals surface area contributed by atoms with Gasteiger partial charge in [0.2, 0.25) is 0 Å². The molecule has 0 fully saturated rings. The molecule has 0 saturated carbocycles. The van der Waals surface area contributed by atoms with Gasteiger partial charge in [-0.25, -0.2) is 4.79 Å². The molecule has 138 valence electrons. The molecule has 26 heavy (non-hydrogen) atoms. The van der Waals surface area contributed by atoms with Crippen molar-refractivity contribution in [2.45, 2.75) is 45.8 Å². The molecule has 0 aliphatic heterocycles. The van der Waals surface area contributed by atoms with Gasteiger partial charge in [0.25, 0.3) is 0 Å². The van der Waals surface area contributed by atoms with Crippen LogP contribution < -0.4 is 11.1 Å². The van der Waals surface area contributed by atoms with Crippen LogP contribution in [0.3, 0.4) is 0 Å². The number of nitrogens with zero attached hydrogens (tertiary/aromatic N) is 1. The van der Waals surface area contributed by atoms with Crippen LogP contribution in [0.25, 0.3) is 11.3 Å². The number of carbonyl (C=O) groups is 1. The van der Waals surface area contributed by atoms with Crippen LogP contribution in [-0.2, 0) is 4.74 Å². The maximum atomic E-state index is 12.2. The minimum atomic E-state index is -0.551. The highest BCUT2D eigenvalue weighted by Crippen LogP contribution is 2.28. The second kappa shape index (κ2) is 8.04. The molecule has 0 radical (unpaired) electrons. The Morgan fingerprint density at radius 3 is 2.73 bits per heavy atom. The Hall–Kier alpha value is -2.82. The van der Waals surface area contributed by atoms with Crippen molar-refractivity contribution in [2.24, 2.45) is 0 Å². The van der Waals surface area contributed by atoms with E-state index in [1.54, 1.807) is 6.08 Å². The van der Waals surface area contributed by atoms with E-state index in [0.717, 1.165) is 22.5 Å². The Kier molecular flexibility index (Phi) is 6.03. The van der Waals surface area contributed by atoms with Gasteiger partial charge in [-0.15, -0.1) is 6.58 Å². The molecule has 1 atom stereocenters. The highest BCUT2D eigenvalue weighted by Gasteiger charge is 2.20. The van der Waals surface area contributed by atoms with Crippen molar-refractivity contribution in [3.05, 3.63) is 60.3 Å². The maximum absolute atomic E-state index is 12.2. The second-order valence-electron chi connectivity index (χ2n) is 7.24. The first kappa shape index (κ1) is 19.5. The van der Waals surface area contributed by atoms with Crippen molar-refractivity contribution in [2.75, 3.05) is 5.73 Å². The number of nitrogens with two attached hydrogens (primary N) is 1. The topological polar surface area (TPSA) is 77.2 Å². The zero-order valence-corrected chi connectivity index (χ0v) is 15.9. The zero-order chi connectivity index (χ0) is 19.3. The van der Waals surface area contributed by atoms with Crippen molar-refractivity contribution in [3.8, 4) is 11.3 Å². The molecule has 0 saturated heterocycles. The lowest BCUT2D eigenvalue weighted by Crippen LogP contribution is -2.34. The number of hydrogen-bond acceptors (Lipinski definition) is 4. The number of anilines is 1. The summed E-state index contributed by atoms with van der Waals surface area (Å²) < 4.78 is 5.37. The number of aromatic nitrogens is 1. The first-order valence-corrected chi connectivity index (χ1v) is 8.63. The first-order chi connectivity index (χ1) is 12.2. The molecule has 0 aliphatic rings. The van der Waals surface area contributed by atoms with Crippen LogP contribution >= 0.6 is 0 Å². The highest BCUT2D eigenvalue weighted by molar-refractivity contribution is 5.73. The lowest BCUT2D eigenvalue weighted by atomic mass is 9.99. The van der Waals surface area contributed by atoms with Crippen LogP contribution in [0.2, 0.25) is 0 Å². The molecule has 2 rings (SSSR count). The standard InChI is InChI=1S/C21H27N3O2/c1-6-8-18(24-20(25)26-21(3,4)5)15-9-7-10-16(13-15)19-17(22)12-11-14(2)23-19/h6-7,9-13,18H,1,8,22H2,2-5H3,(H,24,25). The summed E-state index contributed by atoms with van der Waals surface area (Å²) in [7, 11) is 0. The molecule has 3 N–H and O–H groups in total. The van der Waals surface area contributed by atoms with Gasteiger partial charge >= 0.3 is 6.09 Å². The predicted molar refractivity (Wildman–Crippen MR) is 106 cm³/mol. The Labute approximate surface area is 155 Å². The largest absolute Gasteiger partial charge is 0.444 e. The Morgan fingerprint density at radius 2 is 2.08 bits per heavy atom. The lowest BCUT2D eigenvalue weighted by Gasteiger charge is -2.23. The van der Waals surface area contributed by atoms with Gasteiger partial charge in [0.05, 0.1) is 17.4 Å². The summed E-state index contributed by atoms with van der Waals surface area (Å²) in [5, 5.41) is 2.91. The van der Waals surface area contributed by atoms with E-state index in [4.69, 9.17) is 10.5 Å². The van der Waals surface area contributed by atoms with Crippen molar-refractivity contribution < 1.29 is 9.53 Å². The maximum Gasteiger partial charge on any atom is 0.408 e. The fraction of sp³-hybridized carbons (Fsp3) is 0.333. The van der Waals surface area contributed by atoms with Crippen LogP contribution in [0.15, 0.2) is 49.1 Å². The van der Waals surface area contributed by atoms with Gasteiger partial charge in [0.15, 0.2) is 0 Å². The number of nitrogens with one attached hydrogen (secondary N) is 1. The number of ether oxygens (including phenoxy) is 1. The normalized spacial score (nSPS) is 12.3. The molecule has 1 heterocycles. The minimum Gasteiger partial charge on any atom is -0.444 e. The number of hydrogen-bond donors (Lipinski definition) is 2. The summed E-state index contributed by atoms with van der Waals surface area (Å²) in [5.74, 6) is 0. The Balaban J connectivity index is 2.31. The molecule has 5 heteroatoms. The number of alkyl carbamates (subject to hydrolysis) is 1. The van der Waals surface area contributed by atoms with Crippen LogP contribution in [0, 0.1) is 6.92 Å². The zero-order valence-electron chi connectivity index (χ0n) is 15.9. The third kappa shape index (κ3) is 5.34. The van der Waals surface area contributed by atoms with Crippen LogP contribution in [0.1, 0.15) is 44.5 Å². The number of benzene rings is 1. The van der Waals surface area contributed by atoms with Crippen LogP contribution in [-0.4, -0.2) is 16.7 Å². The molecular weight excluding hydrogens is 326 g/mol. The molecule has 1 unspecified atom stereocenters. The van der Waals surface area contributed by atoms with Gasteiger partial charge in [-0.2, -0.15) is 0 Å². The molecule has 0 aliphatic carbocycles. The van der Waals surface area contributed by atoms with Crippen molar-refractivity contribution in [1.82, 2.24) is 10.3 Å². The number of aryl methyl sites for hydroxylation is 1. The number of amides is 1. The Bertz CT molecular complexity index is 794. The third-order valence-electron chi connectivity index (χ3n) is 3.72. The lowest BCUT2D eigenvalue weighted by molar-refractivity contribution is 0.0504. The van der Waals surface area contributed by atoms with Gasteiger partial charge in [0.1, 0.15) is 5.60 Å². The van der Waals surface area contributed by atoms with Gasteiger partial charge in [0, 0.05) is 11.3 Å². The smallest absolute Gasteiger partial charge is 0.408 e. The summed E-state index contributed by atoms with van der Waals surface area (Å²) in [6.07, 6.45) is 1.90. The molecule has 1 aromatic heterocycles. The van der Waals surface area contributed by atoms with Crippen molar-refractivity contribution >= 4 is 11.8 Å². The molecule has 1 amide bonds. The summed E-state index contributed by atoms with van der Waals surface area (Å²) in [4.78, 5) is 16.7. The van der Waals surface area contributed by atoms with Crippen LogP contribution in [0.5, 0.6) is 0 Å². The number of rotatable bonds is 5. The molecule has 0 spiro atoms. The quantitative estimate of drug-likeness (QED) is 0.758. The summed E-state index contributed by atoms with van der Waals surface area (Å²) >= 11 is 0. The van der Waals surface area contributed by atoms with Gasteiger partial charge < -0.3 is 15.8 Å². The number of pyridine rings is 1. The van der Waals surface area contributed by atoms with E-state index < -0.39 is 11.7 Å². The van der Waals surface area contributed by atoms with E-state index in [1.165, 1.54) is 0 Å². The second-order valence-corrected chi connectivity index (χ2v) is 7.24. The van der Waals surface area contributed by atoms with E-state index in [2.05, 4.69) is 16.9 Å². The van der Waals surface area contributed by atoms with E-state index in [-0.39, 0.29) is 6.04 Å². The molecule has 2 aromatic rings. The molecule has 5 nitrogen and oxygen atoms in total. The number of nitrogen functional groups attached to an aromatic ring is 1. The molecule has 1 aromatic carbocycles. The van der Waals surface area contributed by atoms with Gasteiger partial charge in [-0.3, -0.25) is 4.98 Å². The average molecular weight is 353 g/mol. The monoisotopic (exact) mass is 353 g/mol. The minimum absolute atomic E-state index is 0.242. The van der Waals surface area contributed by atoms with Crippen molar-refractivity contribution in [1.29, 1.82) is 0 Å². The van der Waals surface area contributed by atoms with E-state index in [1.807, 2.05) is 64.1 Å². The first-order valence-electron chi connectivity index (χ1n) is 8.63. The van der Waals surface area contributed by atoms with Crippen molar-refractivity contribution in [3.63, 3.8) is 0 Å². The summed E-state index contributed by atoms with van der Waals surface area (Å²) in [5.41, 5.74) is 9.64. The SMILES string of the molecule is C=CCC(NC(=O)OC(C)(C)C)c1cccc(-c2nc(C)ccc2N)c1. The predicted octanol–water partition coefficient (Wildman–Crippen LogP) is 4.78. The van der Waals surface area contributed by atoms with Gasteiger partial charge in [-0.1, -0.05) is 24.3 Å². The Morgan fingerprint density at radius 1 is 1.35 bits per heavy atom. The fourth-order valence-electron chi connectivity index (χ4n) is 2.60.